The number of rotatable bonds is 8. The molecule has 1 unspecified atom stereocenters. The number of amides is 1. The quantitative estimate of drug-likeness (QED) is 0.495. The lowest BCUT2D eigenvalue weighted by Crippen LogP contribution is -2.21. The summed E-state index contributed by atoms with van der Waals surface area (Å²) in [5, 5.41) is 21.0. The summed E-state index contributed by atoms with van der Waals surface area (Å²) in [5.74, 6) is -0.832. The van der Waals surface area contributed by atoms with E-state index in [2.05, 4.69) is 12.2 Å². The van der Waals surface area contributed by atoms with Crippen LogP contribution >= 0.6 is 11.8 Å². The average molecular weight is 327 g/mol. The first-order valence-electron chi connectivity index (χ1n) is 7.14. The Morgan fingerprint density at radius 1 is 1.36 bits per heavy atom. The number of phenols is 1. The maximum atomic E-state index is 11.9. The van der Waals surface area contributed by atoms with E-state index < -0.39 is 17.8 Å². The van der Waals surface area contributed by atoms with Crippen LogP contribution in [0.5, 0.6) is 5.75 Å². The number of carboxylic acid groups (broad SMARTS) is 1. The van der Waals surface area contributed by atoms with Crippen LogP contribution < -0.4 is 5.32 Å². The van der Waals surface area contributed by atoms with Crippen LogP contribution in [0.4, 0.5) is 10.5 Å². The SMILES string of the molecule is CCCCSC(CC)OC(=O)Nc1cccc(O)c1C(=O)O. The van der Waals surface area contributed by atoms with Crippen LogP contribution in [0.1, 0.15) is 43.5 Å². The number of hydrogen-bond donors (Lipinski definition) is 3. The summed E-state index contributed by atoms with van der Waals surface area (Å²) < 4.78 is 5.26. The fraction of sp³-hybridized carbons (Fsp3) is 0.467. The highest BCUT2D eigenvalue weighted by Crippen LogP contribution is 2.26. The molecule has 0 aliphatic heterocycles. The molecule has 122 valence electrons. The number of hydrogen-bond acceptors (Lipinski definition) is 5. The van der Waals surface area contributed by atoms with Gasteiger partial charge in [0.15, 0.2) is 0 Å². The largest absolute Gasteiger partial charge is 0.507 e. The van der Waals surface area contributed by atoms with Gasteiger partial charge in [0.2, 0.25) is 0 Å². The van der Waals surface area contributed by atoms with Gasteiger partial charge in [-0.25, -0.2) is 9.59 Å². The normalized spacial score (nSPS) is 11.7. The molecule has 1 atom stereocenters. The van der Waals surface area contributed by atoms with E-state index in [9.17, 15) is 14.7 Å². The Labute approximate surface area is 133 Å². The number of carboxylic acids is 1. The summed E-state index contributed by atoms with van der Waals surface area (Å²) in [6.07, 6.45) is 2.04. The third kappa shape index (κ3) is 5.48. The molecule has 0 spiro atoms. The first kappa shape index (κ1) is 18.2. The van der Waals surface area contributed by atoms with E-state index in [1.54, 1.807) is 11.8 Å². The number of benzene rings is 1. The van der Waals surface area contributed by atoms with Crippen molar-refractivity contribution in [1.82, 2.24) is 0 Å². The van der Waals surface area contributed by atoms with Gasteiger partial charge < -0.3 is 14.9 Å². The molecule has 1 rings (SSSR count). The van der Waals surface area contributed by atoms with Gasteiger partial charge in [0, 0.05) is 0 Å². The average Bonchev–Trinajstić information content (AvgIpc) is 2.46. The minimum absolute atomic E-state index is 0.00547. The Morgan fingerprint density at radius 3 is 2.68 bits per heavy atom. The monoisotopic (exact) mass is 327 g/mol. The lowest BCUT2D eigenvalue weighted by atomic mass is 10.1. The van der Waals surface area contributed by atoms with Gasteiger partial charge in [0.1, 0.15) is 16.7 Å². The van der Waals surface area contributed by atoms with Gasteiger partial charge in [0.05, 0.1) is 5.69 Å². The van der Waals surface area contributed by atoms with E-state index in [4.69, 9.17) is 9.84 Å². The fourth-order valence-corrected chi connectivity index (χ4v) is 2.83. The van der Waals surface area contributed by atoms with Crippen LogP contribution in [-0.4, -0.2) is 33.5 Å². The van der Waals surface area contributed by atoms with E-state index in [0.29, 0.717) is 6.42 Å². The molecule has 0 aliphatic rings. The molecular formula is C15H21NO5S. The van der Waals surface area contributed by atoms with Crippen LogP contribution in [0, 0.1) is 0 Å². The van der Waals surface area contributed by atoms with Gasteiger partial charge in [-0.2, -0.15) is 0 Å². The molecule has 1 aromatic carbocycles. The number of anilines is 1. The van der Waals surface area contributed by atoms with Crippen LogP contribution in [0.2, 0.25) is 0 Å². The molecule has 1 aromatic rings. The van der Waals surface area contributed by atoms with Crippen LogP contribution in [0.15, 0.2) is 18.2 Å². The Balaban J connectivity index is 2.68. The molecule has 0 saturated heterocycles. The zero-order chi connectivity index (χ0) is 16.5. The smallest absolute Gasteiger partial charge is 0.412 e. The van der Waals surface area contributed by atoms with E-state index in [0.717, 1.165) is 18.6 Å². The molecule has 6 nitrogen and oxygen atoms in total. The Morgan fingerprint density at radius 2 is 2.09 bits per heavy atom. The highest BCUT2D eigenvalue weighted by atomic mass is 32.2. The Kier molecular flexibility index (Phi) is 7.59. The van der Waals surface area contributed by atoms with Crippen molar-refractivity contribution in [2.75, 3.05) is 11.1 Å². The number of aromatic hydroxyl groups is 1. The second-order valence-corrected chi connectivity index (χ2v) is 5.86. The molecule has 1 amide bonds. The molecule has 3 N–H and O–H groups in total. The first-order chi connectivity index (χ1) is 10.5. The van der Waals surface area contributed by atoms with Crippen molar-refractivity contribution in [2.45, 2.75) is 38.5 Å². The highest BCUT2D eigenvalue weighted by molar-refractivity contribution is 7.99. The van der Waals surface area contributed by atoms with Crippen LogP contribution in [-0.2, 0) is 4.74 Å². The van der Waals surface area contributed by atoms with Gasteiger partial charge in [-0.05, 0) is 30.7 Å². The number of nitrogens with one attached hydrogen (secondary N) is 1. The molecule has 0 aliphatic carbocycles. The van der Waals surface area contributed by atoms with Crippen molar-refractivity contribution in [1.29, 1.82) is 0 Å². The third-order valence-electron chi connectivity index (χ3n) is 2.87. The lowest BCUT2D eigenvalue weighted by Gasteiger charge is -2.16. The van der Waals surface area contributed by atoms with Gasteiger partial charge in [0.25, 0.3) is 0 Å². The minimum atomic E-state index is -1.32. The first-order valence-corrected chi connectivity index (χ1v) is 8.18. The van der Waals surface area contributed by atoms with E-state index in [-0.39, 0.29) is 16.7 Å². The summed E-state index contributed by atoms with van der Waals surface area (Å²) in [7, 11) is 0. The third-order valence-corrected chi connectivity index (χ3v) is 4.19. The summed E-state index contributed by atoms with van der Waals surface area (Å²) in [4.78, 5) is 23.0. The standard InChI is InChI=1S/C15H21NO5S/c1-3-5-9-22-12(4-2)21-15(20)16-10-7-6-8-11(17)13(10)14(18)19/h6-8,12,17H,3-5,9H2,1-2H3,(H,16,20)(H,18,19). The molecular weight excluding hydrogens is 306 g/mol. The van der Waals surface area contributed by atoms with Crippen molar-refractivity contribution in [2.24, 2.45) is 0 Å². The van der Waals surface area contributed by atoms with Crippen molar-refractivity contribution >= 4 is 29.5 Å². The van der Waals surface area contributed by atoms with E-state index >= 15 is 0 Å². The van der Waals surface area contributed by atoms with Crippen molar-refractivity contribution in [3.05, 3.63) is 23.8 Å². The molecule has 0 saturated carbocycles. The van der Waals surface area contributed by atoms with Gasteiger partial charge in [-0.1, -0.05) is 26.3 Å². The molecule has 7 heteroatoms. The van der Waals surface area contributed by atoms with Crippen LogP contribution in [0.3, 0.4) is 0 Å². The molecule has 0 radical (unpaired) electrons. The zero-order valence-electron chi connectivity index (χ0n) is 12.7. The summed E-state index contributed by atoms with van der Waals surface area (Å²) >= 11 is 1.55. The van der Waals surface area contributed by atoms with E-state index in [1.807, 2.05) is 6.92 Å². The number of carbonyl (C=O) groups excluding carboxylic acids is 1. The maximum Gasteiger partial charge on any atom is 0.412 e. The second kappa shape index (κ2) is 9.19. The number of thioether (sulfide) groups is 1. The van der Waals surface area contributed by atoms with Crippen molar-refractivity contribution < 1.29 is 24.5 Å². The van der Waals surface area contributed by atoms with Gasteiger partial charge >= 0.3 is 12.1 Å². The summed E-state index contributed by atoms with van der Waals surface area (Å²) in [5.41, 5.74) is -0.630. The van der Waals surface area contributed by atoms with Gasteiger partial charge in [-0.15, -0.1) is 11.8 Å². The molecule has 22 heavy (non-hydrogen) atoms. The maximum absolute atomic E-state index is 11.9. The zero-order valence-corrected chi connectivity index (χ0v) is 13.5. The molecule has 0 fully saturated rings. The predicted octanol–water partition coefficient (Wildman–Crippen LogP) is 3.91. The number of carbonyl (C=O) groups is 2. The van der Waals surface area contributed by atoms with E-state index in [1.165, 1.54) is 18.2 Å². The summed E-state index contributed by atoms with van der Waals surface area (Å²) in [6.45, 7) is 4.00. The number of ether oxygens (including phenoxy) is 1. The van der Waals surface area contributed by atoms with Crippen molar-refractivity contribution in [3.63, 3.8) is 0 Å². The number of unbranched alkanes of at least 4 members (excludes halogenated alkanes) is 1. The highest BCUT2D eigenvalue weighted by Gasteiger charge is 2.19. The molecule has 0 bridgehead atoms. The Hall–Kier alpha value is -1.89. The minimum Gasteiger partial charge on any atom is -0.507 e. The fourth-order valence-electron chi connectivity index (χ4n) is 1.72. The lowest BCUT2D eigenvalue weighted by molar-refractivity contribution is 0.0695. The molecule has 0 aromatic heterocycles. The van der Waals surface area contributed by atoms with Crippen LogP contribution in [0.25, 0.3) is 0 Å². The van der Waals surface area contributed by atoms with Crippen molar-refractivity contribution in [3.8, 4) is 5.75 Å². The van der Waals surface area contributed by atoms with Gasteiger partial charge in [-0.3, -0.25) is 5.32 Å². The second-order valence-electron chi connectivity index (χ2n) is 4.60. The summed E-state index contributed by atoms with van der Waals surface area (Å²) in [6, 6.07) is 4.09. The Bertz CT molecular complexity index is 521. The number of aromatic carboxylic acids is 1. The molecule has 0 heterocycles. The predicted molar refractivity (Wildman–Crippen MR) is 86.6 cm³/mol. The topological polar surface area (TPSA) is 95.9 Å².